The smallest absolute Gasteiger partial charge is 0.164 e. The minimum atomic E-state index is -0.693. The van der Waals surface area contributed by atoms with E-state index in [0.29, 0.717) is 6.61 Å². The Balaban J connectivity index is 2.48. The van der Waals surface area contributed by atoms with E-state index in [2.05, 4.69) is 0 Å². The molecule has 1 aliphatic heterocycles. The molecule has 66 valence electrons. The zero-order valence-electron chi connectivity index (χ0n) is 7.33. The molecule has 2 atom stereocenters. The summed E-state index contributed by atoms with van der Waals surface area (Å²) in [7, 11) is 0. The summed E-state index contributed by atoms with van der Waals surface area (Å²) in [6.45, 7) is 6.37. The van der Waals surface area contributed by atoms with Crippen molar-refractivity contribution >= 4 is 0 Å². The normalized spacial score (nSPS) is 37.1. The maximum Gasteiger partial charge on any atom is 0.164 e. The van der Waals surface area contributed by atoms with Gasteiger partial charge in [0.15, 0.2) is 12.6 Å². The van der Waals surface area contributed by atoms with Crippen LogP contribution in [0.15, 0.2) is 0 Å². The van der Waals surface area contributed by atoms with Crippen LogP contribution >= 0.6 is 0 Å². The second-order valence-electron chi connectivity index (χ2n) is 3.63. The third-order valence-corrected chi connectivity index (χ3v) is 1.92. The van der Waals surface area contributed by atoms with E-state index >= 15 is 0 Å². The van der Waals surface area contributed by atoms with Crippen molar-refractivity contribution in [1.29, 1.82) is 0 Å². The van der Waals surface area contributed by atoms with Crippen LogP contribution in [0.4, 0.5) is 0 Å². The van der Waals surface area contributed by atoms with Gasteiger partial charge in [0.05, 0.1) is 6.61 Å². The summed E-state index contributed by atoms with van der Waals surface area (Å²) in [6, 6.07) is 0. The maximum atomic E-state index is 9.44. The molecule has 0 aromatic heterocycles. The number of aliphatic hydroxyl groups is 1. The Bertz CT molecular complexity index is 133. The van der Waals surface area contributed by atoms with Gasteiger partial charge in [0.1, 0.15) is 0 Å². The lowest BCUT2D eigenvalue weighted by molar-refractivity contribution is -0.318. The SMILES string of the molecule is CC[C@@H]1OCC(C)(C)[C@@H](O)O1. The molecule has 1 rings (SSSR count). The monoisotopic (exact) mass is 160 g/mol. The molecule has 1 aliphatic rings. The number of aliphatic hydroxyl groups excluding tert-OH is 1. The fourth-order valence-electron chi connectivity index (χ4n) is 0.960. The summed E-state index contributed by atoms with van der Waals surface area (Å²) in [4.78, 5) is 0. The minimum Gasteiger partial charge on any atom is -0.367 e. The van der Waals surface area contributed by atoms with Gasteiger partial charge < -0.3 is 14.6 Å². The first-order chi connectivity index (χ1) is 5.06. The van der Waals surface area contributed by atoms with Gasteiger partial charge in [-0.3, -0.25) is 0 Å². The third-order valence-electron chi connectivity index (χ3n) is 1.92. The number of rotatable bonds is 1. The van der Waals surface area contributed by atoms with E-state index in [0.717, 1.165) is 6.42 Å². The summed E-state index contributed by atoms with van der Waals surface area (Å²) in [5.74, 6) is 0. The summed E-state index contributed by atoms with van der Waals surface area (Å²) in [5, 5.41) is 9.44. The van der Waals surface area contributed by atoms with Gasteiger partial charge in [-0.1, -0.05) is 20.8 Å². The lowest BCUT2D eigenvalue weighted by Gasteiger charge is -2.38. The van der Waals surface area contributed by atoms with Crippen LogP contribution in [0.1, 0.15) is 27.2 Å². The zero-order valence-corrected chi connectivity index (χ0v) is 7.33. The summed E-state index contributed by atoms with van der Waals surface area (Å²) in [6.07, 6.45) is -0.133. The highest BCUT2D eigenvalue weighted by atomic mass is 16.7. The lowest BCUT2D eigenvalue weighted by atomic mass is 9.93. The van der Waals surface area contributed by atoms with Crippen molar-refractivity contribution in [2.24, 2.45) is 5.41 Å². The Morgan fingerprint density at radius 3 is 2.64 bits per heavy atom. The molecule has 1 fully saturated rings. The molecule has 1 N–H and O–H groups in total. The highest BCUT2D eigenvalue weighted by Gasteiger charge is 2.36. The maximum absolute atomic E-state index is 9.44. The van der Waals surface area contributed by atoms with Crippen LogP contribution in [0, 0.1) is 5.41 Å². The average Bonchev–Trinajstić information content (AvgIpc) is 1.95. The van der Waals surface area contributed by atoms with Crippen molar-refractivity contribution in [3.8, 4) is 0 Å². The Kier molecular flexibility index (Phi) is 2.52. The molecular weight excluding hydrogens is 144 g/mol. The van der Waals surface area contributed by atoms with Crippen LogP contribution < -0.4 is 0 Å². The molecule has 3 nitrogen and oxygen atoms in total. The van der Waals surface area contributed by atoms with Crippen molar-refractivity contribution < 1.29 is 14.6 Å². The standard InChI is InChI=1S/C8H16O3/c1-4-6-10-5-8(2,3)7(9)11-6/h6-7,9H,4-5H2,1-3H3/t6-,7+/m1/s1. The molecule has 1 saturated heterocycles. The second kappa shape index (κ2) is 3.09. The van der Waals surface area contributed by atoms with Crippen LogP contribution in [0.5, 0.6) is 0 Å². The molecule has 11 heavy (non-hydrogen) atoms. The molecule has 0 aliphatic carbocycles. The van der Waals surface area contributed by atoms with Crippen molar-refractivity contribution in [3.05, 3.63) is 0 Å². The van der Waals surface area contributed by atoms with Gasteiger partial charge in [0.25, 0.3) is 0 Å². The Morgan fingerprint density at radius 1 is 1.55 bits per heavy atom. The van der Waals surface area contributed by atoms with E-state index in [1.807, 2.05) is 20.8 Å². The second-order valence-corrected chi connectivity index (χ2v) is 3.63. The Morgan fingerprint density at radius 2 is 2.18 bits per heavy atom. The quantitative estimate of drug-likeness (QED) is 0.624. The largest absolute Gasteiger partial charge is 0.367 e. The Hall–Kier alpha value is -0.120. The van der Waals surface area contributed by atoms with E-state index < -0.39 is 6.29 Å². The van der Waals surface area contributed by atoms with Gasteiger partial charge in [-0.25, -0.2) is 0 Å². The molecule has 0 aromatic carbocycles. The van der Waals surface area contributed by atoms with E-state index in [1.165, 1.54) is 0 Å². The molecule has 0 bridgehead atoms. The van der Waals surface area contributed by atoms with E-state index in [4.69, 9.17) is 9.47 Å². The lowest BCUT2D eigenvalue weighted by Crippen LogP contribution is -2.45. The molecule has 0 saturated carbocycles. The van der Waals surface area contributed by atoms with Crippen molar-refractivity contribution in [3.63, 3.8) is 0 Å². The van der Waals surface area contributed by atoms with Gasteiger partial charge in [-0.05, 0) is 6.42 Å². The van der Waals surface area contributed by atoms with Gasteiger partial charge in [-0.2, -0.15) is 0 Å². The van der Waals surface area contributed by atoms with Crippen LogP contribution in [0.2, 0.25) is 0 Å². The van der Waals surface area contributed by atoms with Gasteiger partial charge >= 0.3 is 0 Å². The van der Waals surface area contributed by atoms with Crippen molar-refractivity contribution in [2.45, 2.75) is 39.8 Å². The van der Waals surface area contributed by atoms with E-state index in [-0.39, 0.29) is 11.7 Å². The molecule has 0 spiro atoms. The fourth-order valence-corrected chi connectivity index (χ4v) is 0.960. The molecule has 0 amide bonds. The van der Waals surface area contributed by atoms with Crippen LogP contribution in [-0.2, 0) is 9.47 Å². The third kappa shape index (κ3) is 1.92. The van der Waals surface area contributed by atoms with E-state index in [1.54, 1.807) is 0 Å². The summed E-state index contributed by atoms with van der Waals surface area (Å²) >= 11 is 0. The molecule has 0 aromatic rings. The predicted molar refractivity (Wildman–Crippen MR) is 40.9 cm³/mol. The van der Waals surface area contributed by atoms with Gasteiger partial charge in [0, 0.05) is 5.41 Å². The fraction of sp³-hybridized carbons (Fsp3) is 1.00. The number of ether oxygens (including phenoxy) is 2. The van der Waals surface area contributed by atoms with E-state index in [9.17, 15) is 5.11 Å². The molecular formula is C8H16O3. The predicted octanol–water partition coefficient (Wildman–Crippen LogP) is 1.11. The molecule has 1 heterocycles. The molecule has 0 radical (unpaired) electrons. The summed E-state index contributed by atoms with van der Waals surface area (Å²) in [5.41, 5.74) is -0.272. The number of hydrogen-bond acceptors (Lipinski definition) is 3. The first-order valence-corrected chi connectivity index (χ1v) is 4.01. The molecule has 0 unspecified atom stereocenters. The molecule has 3 heteroatoms. The van der Waals surface area contributed by atoms with Crippen LogP contribution in [0.25, 0.3) is 0 Å². The van der Waals surface area contributed by atoms with Crippen LogP contribution in [-0.4, -0.2) is 24.3 Å². The average molecular weight is 160 g/mol. The summed E-state index contributed by atoms with van der Waals surface area (Å²) < 4.78 is 10.5. The first kappa shape index (κ1) is 8.97. The Labute approximate surface area is 67.3 Å². The van der Waals surface area contributed by atoms with Crippen molar-refractivity contribution in [1.82, 2.24) is 0 Å². The number of hydrogen-bond donors (Lipinski definition) is 1. The zero-order chi connectivity index (χ0) is 8.48. The van der Waals surface area contributed by atoms with Crippen LogP contribution in [0.3, 0.4) is 0 Å². The topological polar surface area (TPSA) is 38.7 Å². The van der Waals surface area contributed by atoms with Gasteiger partial charge in [0.2, 0.25) is 0 Å². The highest BCUT2D eigenvalue weighted by Crippen LogP contribution is 2.28. The minimum absolute atomic E-state index is 0.224. The highest BCUT2D eigenvalue weighted by molar-refractivity contribution is 4.74. The first-order valence-electron chi connectivity index (χ1n) is 4.01. The van der Waals surface area contributed by atoms with Gasteiger partial charge in [-0.15, -0.1) is 0 Å². The van der Waals surface area contributed by atoms with Crippen molar-refractivity contribution in [2.75, 3.05) is 6.61 Å².